The molecule has 0 aliphatic heterocycles. The minimum Gasteiger partial charge on any atom is -0.496 e. The zero-order valence-corrected chi connectivity index (χ0v) is 9.67. The van der Waals surface area contributed by atoms with Gasteiger partial charge in [0.1, 0.15) is 5.75 Å². The van der Waals surface area contributed by atoms with Crippen LogP contribution >= 0.6 is 15.9 Å². The van der Waals surface area contributed by atoms with Gasteiger partial charge in [-0.2, -0.15) is 0 Å². The Morgan fingerprint density at radius 3 is 2.64 bits per heavy atom. The van der Waals surface area contributed by atoms with Crippen LogP contribution in [0.5, 0.6) is 5.75 Å². The second kappa shape index (κ2) is 4.57. The summed E-state index contributed by atoms with van der Waals surface area (Å²) in [7, 11) is 1.59. The minimum absolute atomic E-state index is 0.0536. The van der Waals surface area contributed by atoms with E-state index in [9.17, 15) is 4.79 Å². The molecule has 0 amide bonds. The molecule has 14 heavy (non-hydrogen) atoms. The van der Waals surface area contributed by atoms with Crippen molar-refractivity contribution in [1.29, 1.82) is 0 Å². The highest BCUT2D eigenvalue weighted by molar-refractivity contribution is 9.10. The van der Waals surface area contributed by atoms with E-state index in [1.54, 1.807) is 25.3 Å². The lowest BCUT2D eigenvalue weighted by Crippen LogP contribution is -2.18. The summed E-state index contributed by atoms with van der Waals surface area (Å²) in [5, 5.41) is 0. The maximum absolute atomic E-state index is 11.0. The van der Waals surface area contributed by atoms with Crippen LogP contribution in [-0.2, 0) is 4.79 Å². The van der Waals surface area contributed by atoms with E-state index in [1.165, 1.54) is 6.92 Å². The largest absolute Gasteiger partial charge is 0.496 e. The van der Waals surface area contributed by atoms with Gasteiger partial charge in [0.2, 0.25) is 0 Å². The molecule has 0 aliphatic rings. The number of carbonyl (C=O) groups is 1. The van der Waals surface area contributed by atoms with Crippen LogP contribution in [0.4, 0.5) is 0 Å². The highest BCUT2D eigenvalue weighted by Gasteiger charge is 2.12. The van der Waals surface area contributed by atoms with Crippen molar-refractivity contribution in [3.8, 4) is 5.75 Å². The molecule has 0 bridgehead atoms. The van der Waals surface area contributed by atoms with Crippen LogP contribution in [0.25, 0.3) is 0 Å². The van der Waals surface area contributed by atoms with Gasteiger partial charge in [0.25, 0.3) is 0 Å². The van der Waals surface area contributed by atoms with Crippen molar-refractivity contribution in [2.75, 3.05) is 7.11 Å². The highest BCUT2D eigenvalue weighted by Crippen LogP contribution is 2.27. The molecule has 2 N–H and O–H groups in total. The SMILES string of the molecule is COc1ccc(C(N)C(C)=O)cc1Br. The number of methoxy groups -OCH3 is 1. The summed E-state index contributed by atoms with van der Waals surface area (Å²) < 4.78 is 5.87. The monoisotopic (exact) mass is 257 g/mol. The lowest BCUT2D eigenvalue weighted by Gasteiger charge is -2.10. The quantitative estimate of drug-likeness (QED) is 0.902. The molecule has 0 fully saturated rings. The van der Waals surface area contributed by atoms with Crippen molar-refractivity contribution in [3.63, 3.8) is 0 Å². The molecule has 4 heteroatoms. The van der Waals surface area contributed by atoms with E-state index in [0.29, 0.717) is 0 Å². The molecule has 76 valence electrons. The van der Waals surface area contributed by atoms with E-state index >= 15 is 0 Å². The number of halogens is 1. The molecule has 0 aliphatic carbocycles. The Balaban J connectivity index is 3.02. The summed E-state index contributed by atoms with van der Waals surface area (Å²) in [5.74, 6) is 0.673. The zero-order valence-electron chi connectivity index (χ0n) is 8.08. The fourth-order valence-corrected chi connectivity index (χ4v) is 1.67. The number of ether oxygens (including phenoxy) is 1. The van der Waals surface area contributed by atoms with E-state index in [4.69, 9.17) is 10.5 Å². The topological polar surface area (TPSA) is 52.3 Å². The Labute approximate surface area is 91.4 Å². The van der Waals surface area contributed by atoms with Gasteiger partial charge in [-0.15, -0.1) is 0 Å². The zero-order chi connectivity index (χ0) is 10.7. The molecule has 1 unspecified atom stereocenters. The van der Waals surface area contributed by atoms with Crippen molar-refractivity contribution in [2.24, 2.45) is 5.73 Å². The highest BCUT2D eigenvalue weighted by atomic mass is 79.9. The van der Waals surface area contributed by atoms with Crippen molar-refractivity contribution < 1.29 is 9.53 Å². The van der Waals surface area contributed by atoms with Crippen molar-refractivity contribution in [2.45, 2.75) is 13.0 Å². The van der Waals surface area contributed by atoms with Crippen LogP contribution in [0.15, 0.2) is 22.7 Å². The molecule has 1 aromatic rings. The molecule has 1 atom stereocenters. The van der Waals surface area contributed by atoms with Crippen LogP contribution in [-0.4, -0.2) is 12.9 Å². The molecule has 1 rings (SSSR count). The predicted octanol–water partition coefficient (Wildman–Crippen LogP) is 2.05. The molecule has 0 saturated carbocycles. The van der Waals surface area contributed by atoms with Crippen LogP contribution in [0.1, 0.15) is 18.5 Å². The van der Waals surface area contributed by atoms with E-state index < -0.39 is 6.04 Å². The average molecular weight is 258 g/mol. The molecular weight excluding hydrogens is 246 g/mol. The lowest BCUT2D eigenvalue weighted by atomic mass is 10.0. The molecule has 1 aromatic carbocycles. The Kier molecular flexibility index (Phi) is 3.66. The van der Waals surface area contributed by atoms with Gasteiger partial charge >= 0.3 is 0 Å². The van der Waals surface area contributed by atoms with Gasteiger partial charge < -0.3 is 10.5 Å². The number of Topliss-reactive ketones (excluding diaryl/α,β-unsaturated/α-hetero) is 1. The lowest BCUT2D eigenvalue weighted by molar-refractivity contribution is -0.118. The molecule has 3 nitrogen and oxygen atoms in total. The first-order valence-corrected chi connectivity index (χ1v) is 4.95. The van der Waals surface area contributed by atoms with E-state index in [1.807, 2.05) is 0 Å². The fraction of sp³-hybridized carbons (Fsp3) is 0.300. The van der Waals surface area contributed by atoms with Gasteiger partial charge in [-0.3, -0.25) is 4.79 Å². The summed E-state index contributed by atoms with van der Waals surface area (Å²) in [5.41, 5.74) is 6.47. The Morgan fingerprint density at radius 2 is 2.21 bits per heavy atom. The summed E-state index contributed by atoms with van der Waals surface area (Å²) >= 11 is 3.33. The third-order valence-electron chi connectivity index (χ3n) is 1.97. The third kappa shape index (κ3) is 2.33. The van der Waals surface area contributed by atoms with Crippen LogP contribution < -0.4 is 10.5 Å². The van der Waals surface area contributed by atoms with Gasteiger partial charge in [0, 0.05) is 0 Å². The predicted molar refractivity (Wildman–Crippen MR) is 58.3 cm³/mol. The van der Waals surface area contributed by atoms with Gasteiger partial charge in [0.15, 0.2) is 5.78 Å². The molecule has 0 aromatic heterocycles. The second-order valence-corrected chi connectivity index (χ2v) is 3.84. The Hall–Kier alpha value is -0.870. The Morgan fingerprint density at radius 1 is 1.57 bits per heavy atom. The molecule has 0 radical (unpaired) electrons. The number of carbonyl (C=O) groups excluding carboxylic acids is 1. The van der Waals surface area contributed by atoms with Gasteiger partial charge in [0.05, 0.1) is 17.6 Å². The number of benzene rings is 1. The van der Waals surface area contributed by atoms with Crippen molar-refractivity contribution in [3.05, 3.63) is 28.2 Å². The molecule has 0 saturated heterocycles. The summed E-state index contributed by atoms with van der Waals surface area (Å²) in [6.07, 6.45) is 0. The fourth-order valence-electron chi connectivity index (χ4n) is 1.11. The van der Waals surface area contributed by atoms with E-state index in [-0.39, 0.29) is 5.78 Å². The van der Waals surface area contributed by atoms with Crippen LogP contribution in [0.2, 0.25) is 0 Å². The maximum atomic E-state index is 11.0. The normalized spacial score (nSPS) is 12.3. The van der Waals surface area contributed by atoms with E-state index in [2.05, 4.69) is 15.9 Å². The smallest absolute Gasteiger partial charge is 0.150 e. The van der Waals surface area contributed by atoms with Crippen molar-refractivity contribution >= 4 is 21.7 Å². The summed E-state index contributed by atoms with van der Waals surface area (Å²) in [6, 6.07) is 4.81. The number of rotatable bonds is 3. The number of nitrogens with two attached hydrogens (primary N) is 1. The summed E-state index contributed by atoms with van der Waals surface area (Å²) in [6.45, 7) is 1.48. The first-order valence-electron chi connectivity index (χ1n) is 4.15. The first-order chi connectivity index (χ1) is 6.56. The first kappa shape index (κ1) is 11.2. The molecule has 0 spiro atoms. The average Bonchev–Trinajstić information content (AvgIpc) is 2.16. The standard InChI is InChI=1S/C10H12BrNO2/c1-6(13)10(12)7-3-4-9(14-2)8(11)5-7/h3-5,10H,12H2,1-2H3. The van der Waals surface area contributed by atoms with Crippen LogP contribution in [0.3, 0.4) is 0 Å². The van der Waals surface area contributed by atoms with E-state index in [0.717, 1.165) is 15.8 Å². The summed E-state index contributed by atoms with van der Waals surface area (Å²) in [4.78, 5) is 11.0. The number of hydrogen-bond acceptors (Lipinski definition) is 3. The maximum Gasteiger partial charge on any atom is 0.150 e. The van der Waals surface area contributed by atoms with Crippen molar-refractivity contribution in [1.82, 2.24) is 0 Å². The third-order valence-corrected chi connectivity index (χ3v) is 2.59. The Bertz CT molecular complexity index is 352. The molecular formula is C10H12BrNO2. The van der Waals surface area contributed by atoms with Gasteiger partial charge in [-0.25, -0.2) is 0 Å². The minimum atomic E-state index is -0.558. The molecule has 0 heterocycles. The van der Waals surface area contributed by atoms with Gasteiger partial charge in [-0.1, -0.05) is 6.07 Å². The van der Waals surface area contributed by atoms with Gasteiger partial charge in [-0.05, 0) is 40.5 Å². The second-order valence-electron chi connectivity index (χ2n) is 2.98. The number of ketones is 1. The number of hydrogen-bond donors (Lipinski definition) is 1. The van der Waals surface area contributed by atoms with Crippen LogP contribution in [0, 0.1) is 0 Å².